The largest absolute Gasteiger partial charge is 0.508 e. The second-order valence-electron chi connectivity index (χ2n) is 10.4. The van der Waals surface area contributed by atoms with Crippen LogP contribution in [-0.2, 0) is 4.57 Å². The van der Waals surface area contributed by atoms with Crippen LogP contribution in [0.1, 0.15) is 49.0 Å². The monoisotopic (exact) mass is 591 g/mol. The van der Waals surface area contributed by atoms with Gasteiger partial charge < -0.3 is 24.9 Å². The van der Waals surface area contributed by atoms with E-state index in [1.807, 2.05) is 42.5 Å². The summed E-state index contributed by atoms with van der Waals surface area (Å²) in [5, 5.41) is 21.9. The summed E-state index contributed by atoms with van der Waals surface area (Å²) in [5.41, 5.74) is 3.78. The number of anilines is 1. The Hall–Kier alpha value is -3.39. The number of hydrogen-bond acceptors (Lipinski definition) is 4. The highest BCUT2D eigenvalue weighted by Gasteiger charge is 2.40. The van der Waals surface area contributed by atoms with Crippen LogP contribution in [0.25, 0.3) is 11.1 Å². The first-order chi connectivity index (χ1) is 19.6. The van der Waals surface area contributed by atoms with Crippen molar-refractivity contribution in [3.05, 3.63) is 114 Å². The topological polar surface area (TPSA) is 101 Å². The second kappa shape index (κ2) is 12.2. The van der Waals surface area contributed by atoms with Crippen LogP contribution >= 0.6 is 19.8 Å². The molecule has 4 aromatic carbocycles. The van der Waals surface area contributed by atoms with Crippen LogP contribution < -0.4 is 10.2 Å². The molecule has 1 saturated heterocycles. The Bertz CT molecular complexity index is 1560. The third-order valence-corrected chi connectivity index (χ3v) is 8.99. The van der Waals surface area contributed by atoms with E-state index in [9.17, 15) is 29.0 Å². The van der Waals surface area contributed by atoms with Crippen molar-refractivity contribution < 1.29 is 29.0 Å². The Labute approximate surface area is 243 Å². The molecule has 0 bridgehead atoms. The first-order valence-corrected chi connectivity index (χ1v) is 15.4. The van der Waals surface area contributed by atoms with Gasteiger partial charge in [-0.25, -0.2) is 4.39 Å². The number of rotatable bonds is 9. The fourth-order valence-electron chi connectivity index (χ4n) is 5.59. The molecule has 5 rings (SSSR count). The highest BCUT2D eigenvalue weighted by molar-refractivity contribution is 7.80. The van der Waals surface area contributed by atoms with Gasteiger partial charge in [-0.2, -0.15) is 0 Å². The van der Waals surface area contributed by atoms with Crippen LogP contribution in [0.5, 0.6) is 5.75 Å². The minimum atomic E-state index is -4.34. The molecule has 1 fully saturated rings. The van der Waals surface area contributed by atoms with Gasteiger partial charge in [0, 0.05) is 17.7 Å². The summed E-state index contributed by atoms with van der Waals surface area (Å²) in [6, 6.07) is 27.0. The molecule has 1 unspecified atom stereocenters. The standard InChI is InChI=1S/C32H31FNO5PS/c33-25-14-9-22(10-15-25)29(35)8-4-5-24-20-31(41)34(26-6-2-1-3-7-26)32(24)28-18-13-23(19-30(28)36)21-11-16-27(17-12-21)40(37,38)39/h1-3,6-7,9-19,24,29,32,35-36H,4-5,8,20H2,(H2,37,38,39)/t24-,29?,32-/m0/s1. The molecule has 4 aromatic rings. The molecule has 0 aromatic heterocycles. The molecule has 9 heteroatoms. The van der Waals surface area contributed by atoms with Gasteiger partial charge in [-0.1, -0.05) is 73.2 Å². The molecule has 4 N–H and O–H groups in total. The van der Waals surface area contributed by atoms with Crippen molar-refractivity contribution in [1.82, 2.24) is 0 Å². The Balaban J connectivity index is 1.40. The highest BCUT2D eigenvalue weighted by atomic mass is 32.1. The molecule has 0 radical (unpaired) electrons. The SMILES string of the molecule is O=P(O)(O)c1ccc(-c2ccc([C@@H]3[C@@H](CCCC(O)c4ccc(F)cc4)CC(=S)N3c3ccccc3)c(O)c2)cc1. The highest BCUT2D eigenvalue weighted by Crippen LogP contribution is 2.47. The van der Waals surface area contributed by atoms with Crippen molar-refractivity contribution in [3.8, 4) is 16.9 Å². The minimum Gasteiger partial charge on any atom is -0.508 e. The summed E-state index contributed by atoms with van der Waals surface area (Å²) in [5.74, 6) is -0.149. The summed E-state index contributed by atoms with van der Waals surface area (Å²) in [7, 11) is -4.34. The number of nitrogens with zero attached hydrogens (tertiary/aromatic N) is 1. The van der Waals surface area contributed by atoms with E-state index in [0.717, 1.165) is 34.6 Å². The summed E-state index contributed by atoms with van der Waals surface area (Å²) < 4.78 is 24.8. The van der Waals surface area contributed by atoms with E-state index in [-0.39, 0.29) is 28.8 Å². The van der Waals surface area contributed by atoms with E-state index < -0.39 is 13.7 Å². The Morgan fingerprint density at radius 1 is 0.927 bits per heavy atom. The summed E-state index contributed by atoms with van der Waals surface area (Å²) in [4.78, 5) is 21.7. The van der Waals surface area contributed by atoms with Gasteiger partial charge in [0.05, 0.1) is 22.4 Å². The Morgan fingerprint density at radius 3 is 2.22 bits per heavy atom. The van der Waals surface area contributed by atoms with E-state index in [1.165, 1.54) is 24.3 Å². The number of hydrogen-bond donors (Lipinski definition) is 4. The van der Waals surface area contributed by atoms with Crippen LogP contribution in [-0.4, -0.2) is 25.0 Å². The zero-order valence-electron chi connectivity index (χ0n) is 22.2. The third-order valence-electron chi connectivity index (χ3n) is 7.66. The molecule has 0 amide bonds. The lowest BCUT2D eigenvalue weighted by Gasteiger charge is -2.31. The Morgan fingerprint density at radius 2 is 1.59 bits per heavy atom. The number of phenols is 1. The maximum absolute atomic E-state index is 13.3. The van der Waals surface area contributed by atoms with E-state index >= 15 is 0 Å². The van der Waals surface area contributed by atoms with Crippen molar-refractivity contribution in [2.75, 3.05) is 4.90 Å². The first-order valence-electron chi connectivity index (χ1n) is 13.4. The number of para-hydroxylation sites is 1. The smallest absolute Gasteiger partial charge is 0.356 e. The average molecular weight is 592 g/mol. The van der Waals surface area contributed by atoms with E-state index in [1.54, 1.807) is 30.3 Å². The summed E-state index contributed by atoms with van der Waals surface area (Å²) in [6.45, 7) is 0. The lowest BCUT2D eigenvalue weighted by atomic mass is 9.87. The molecule has 0 saturated carbocycles. The molecule has 1 aliphatic rings. The van der Waals surface area contributed by atoms with Crippen molar-refractivity contribution in [2.45, 2.75) is 37.8 Å². The zero-order chi connectivity index (χ0) is 29.1. The predicted octanol–water partition coefficient (Wildman–Crippen LogP) is 6.80. The zero-order valence-corrected chi connectivity index (χ0v) is 23.9. The fourth-order valence-corrected chi connectivity index (χ4v) is 6.56. The molecule has 0 spiro atoms. The van der Waals surface area contributed by atoms with Gasteiger partial charge in [0.15, 0.2) is 0 Å². The molecular weight excluding hydrogens is 560 g/mol. The van der Waals surface area contributed by atoms with E-state index in [2.05, 4.69) is 4.90 Å². The third kappa shape index (κ3) is 6.58. The van der Waals surface area contributed by atoms with Gasteiger partial charge in [0.2, 0.25) is 0 Å². The molecule has 1 aliphatic heterocycles. The quantitative estimate of drug-likeness (QED) is 0.125. The molecule has 0 aliphatic carbocycles. The lowest BCUT2D eigenvalue weighted by molar-refractivity contribution is 0.160. The number of aliphatic hydroxyl groups excluding tert-OH is 1. The lowest BCUT2D eigenvalue weighted by Crippen LogP contribution is -2.28. The van der Waals surface area contributed by atoms with Crippen molar-refractivity contribution in [3.63, 3.8) is 0 Å². The van der Waals surface area contributed by atoms with Crippen molar-refractivity contribution >= 4 is 35.8 Å². The van der Waals surface area contributed by atoms with Crippen LogP contribution in [0.3, 0.4) is 0 Å². The van der Waals surface area contributed by atoms with Gasteiger partial charge in [-0.15, -0.1) is 0 Å². The maximum atomic E-state index is 13.3. The number of benzene rings is 4. The van der Waals surface area contributed by atoms with Crippen LogP contribution in [0.2, 0.25) is 0 Å². The van der Waals surface area contributed by atoms with Gasteiger partial charge in [0.1, 0.15) is 11.6 Å². The average Bonchev–Trinajstić information content (AvgIpc) is 3.28. The maximum Gasteiger partial charge on any atom is 0.356 e. The number of halogens is 1. The number of aliphatic hydroxyl groups is 1. The van der Waals surface area contributed by atoms with E-state index in [0.29, 0.717) is 24.0 Å². The molecule has 212 valence electrons. The van der Waals surface area contributed by atoms with Crippen molar-refractivity contribution in [1.29, 1.82) is 0 Å². The normalized spacial score (nSPS) is 18.0. The van der Waals surface area contributed by atoms with Crippen LogP contribution in [0.4, 0.5) is 10.1 Å². The summed E-state index contributed by atoms with van der Waals surface area (Å²) >= 11 is 5.85. The first kappa shape index (κ1) is 29.1. The van der Waals surface area contributed by atoms with Gasteiger partial charge in [0.25, 0.3) is 0 Å². The number of thiocarbonyl (C=S) groups is 1. The molecular formula is C32H31FNO5PS. The Kier molecular flexibility index (Phi) is 8.68. The van der Waals surface area contributed by atoms with Gasteiger partial charge in [-0.3, -0.25) is 4.57 Å². The number of aromatic hydroxyl groups is 1. The minimum absolute atomic E-state index is 0.0625. The van der Waals surface area contributed by atoms with Crippen LogP contribution in [0, 0.1) is 11.7 Å². The number of phenolic OH excluding ortho intramolecular Hbond substituents is 1. The molecule has 3 atom stereocenters. The summed E-state index contributed by atoms with van der Waals surface area (Å²) in [6.07, 6.45) is 1.96. The molecule has 41 heavy (non-hydrogen) atoms. The molecule has 1 heterocycles. The predicted molar refractivity (Wildman–Crippen MR) is 163 cm³/mol. The van der Waals surface area contributed by atoms with Gasteiger partial charge >= 0.3 is 7.60 Å². The second-order valence-corrected chi connectivity index (χ2v) is 12.4. The van der Waals surface area contributed by atoms with Gasteiger partial charge in [-0.05, 0) is 77.9 Å². The fraction of sp³-hybridized carbons (Fsp3) is 0.219. The van der Waals surface area contributed by atoms with Crippen molar-refractivity contribution in [2.24, 2.45) is 5.92 Å². The van der Waals surface area contributed by atoms with E-state index in [4.69, 9.17) is 12.2 Å². The van der Waals surface area contributed by atoms with Crippen LogP contribution in [0.15, 0.2) is 97.1 Å². The molecule has 6 nitrogen and oxygen atoms in total.